The van der Waals surface area contributed by atoms with Gasteiger partial charge in [0, 0.05) is 11.8 Å². The molecule has 0 spiro atoms. The van der Waals surface area contributed by atoms with Gasteiger partial charge in [-0.25, -0.2) is 0 Å². The van der Waals surface area contributed by atoms with Crippen LogP contribution < -0.4 is 0 Å². The lowest BCUT2D eigenvalue weighted by Crippen LogP contribution is -1.91. The molecule has 0 N–H and O–H groups in total. The van der Waals surface area contributed by atoms with Crippen molar-refractivity contribution in [2.24, 2.45) is 0 Å². The number of halogens is 2. The first-order valence-corrected chi connectivity index (χ1v) is 5.64. The maximum atomic E-state index is 5.82. The minimum absolute atomic E-state index is 0.608. The average molecular weight is 217 g/mol. The van der Waals surface area contributed by atoms with Crippen LogP contribution in [0.3, 0.4) is 0 Å². The summed E-state index contributed by atoms with van der Waals surface area (Å²) in [7, 11) is 0. The highest BCUT2D eigenvalue weighted by Gasteiger charge is 1.99. The summed E-state index contributed by atoms with van der Waals surface area (Å²) in [5.41, 5.74) is 2.61. The van der Waals surface area contributed by atoms with E-state index in [-0.39, 0.29) is 0 Å². The second kappa shape index (κ2) is 6.28. The Bertz CT molecular complexity index is 246. The Morgan fingerprint density at radius 1 is 0.923 bits per heavy atom. The highest BCUT2D eigenvalue weighted by Crippen LogP contribution is 2.14. The summed E-state index contributed by atoms with van der Waals surface area (Å²) in [5, 5.41) is 0. The Hall–Kier alpha value is -0.200. The van der Waals surface area contributed by atoms with Gasteiger partial charge in [0.15, 0.2) is 0 Å². The number of hydrogen-bond donors (Lipinski definition) is 0. The lowest BCUT2D eigenvalue weighted by Gasteiger charge is -2.05. The third-order valence-corrected chi connectivity index (χ3v) is 2.65. The number of alkyl halides is 2. The van der Waals surface area contributed by atoms with Crippen LogP contribution in [0.2, 0.25) is 0 Å². The van der Waals surface area contributed by atoms with Gasteiger partial charge in [-0.15, -0.1) is 23.2 Å². The van der Waals surface area contributed by atoms with Gasteiger partial charge in [-0.05, 0) is 30.4 Å². The largest absolute Gasteiger partial charge is 0.127 e. The molecule has 0 aliphatic rings. The summed E-state index contributed by atoms with van der Waals surface area (Å²) < 4.78 is 0. The molecule has 0 saturated carbocycles. The van der Waals surface area contributed by atoms with Crippen molar-refractivity contribution in [3.05, 3.63) is 35.4 Å². The lowest BCUT2D eigenvalue weighted by atomic mass is 10.0. The van der Waals surface area contributed by atoms with E-state index in [0.717, 1.165) is 25.1 Å². The van der Waals surface area contributed by atoms with Gasteiger partial charge in [0.1, 0.15) is 0 Å². The van der Waals surface area contributed by atoms with Gasteiger partial charge in [0.2, 0.25) is 0 Å². The average Bonchev–Trinajstić information content (AvgIpc) is 2.19. The van der Waals surface area contributed by atoms with E-state index in [0.29, 0.717) is 5.88 Å². The highest BCUT2D eigenvalue weighted by molar-refractivity contribution is 6.17. The van der Waals surface area contributed by atoms with E-state index in [1.54, 1.807) is 0 Å². The van der Waals surface area contributed by atoms with Crippen LogP contribution in [0.5, 0.6) is 0 Å². The van der Waals surface area contributed by atoms with E-state index < -0.39 is 0 Å². The van der Waals surface area contributed by atoms with Crippen molar-refractivity contribution >= 4 is 23.2 Å². The normalized spacial score (nSPS) is 10.3. The van der Waals surface area contributed by atoms with Crippen molar-refractivity contribution in [1.82, 2.24) is 0 Å². The Labute approximate surface area is 89.9 Å². The van der Waals surface area contributed by atoms with Gasteiger partial charge in [-0.1, -0.05) is 24.3 Å². The van der Waals surface area contributed by atoms with E-state index >= 15 is 0 Å². The van der Waals surface area contributed by atoms with Crippen molar-refractivity contribution in [3.8, 4) is 0 Å². The minimum Gasteiger partial charge on any atom is -0.127 e. The zero-order chi connectivity index (χ0) is 9.52. The van der Waals surface area contributed by atoms with Gasteiger partial charge in [-0.2, -0.15) is 0 Å². The fourth-order valence-corrected chi connectivity index (χ4v) is 1.79. The number of aryl methyl sites for hydroxylation is 1. The van der Waals surface area contributed by atoms with E-state index in [9.17, 15) is 0 Å². The molecule has 13 heavy (non-hydrogen) atoms. The highest BCUT2D eigenvalue weighted by atomic mass is 35.5. The third kappa shape index (κ3) is 3.58. The third-order valence-electron chi connectivity index (χ3n) is 2.09. The molecule has 1 aromatic rings. The van der Waals surface area contributed by atoms with Gasteiger partial charge in [0.25, 0.3) is 0 Å². The van der Waals surface area contributed by atoms with Gasteiger partial charge in [-0.3, -0.25) is 0 Å². The zero-order valence-corrected chi connectivity index (χ0v) is 9.11. The van der Waals surface area contributed by atoms with Crippen LogP contribution in [-0.2, 0) is 12.3 Å². The molecule has 1 aromatic carbocycles. The van der Waals surface area contributed by atoms with Gasteiger partial charge >= 0.3 is 0 Å². The molecule has 0 aliphatic carbocycles. The molecule has 2 heteroatoms. The van der Waals surface area contributed by atoms with Gasteiger partial charge < -0.3 is 0 Å². The molecule has 0 radical (unpaired) electrons. The van der Waals surface area contributed by atoms with E-state index in [1.807, 2.05) is 6.07 Å². The molecule has 0 saturated heterocycles. The Kier molecular flexibility index (Phi) is 5.26. The van der Waals surface area contributed by atoms with Crippen molar-refractivity contribution < 1.29 is 0 Å². The number of unbranched alkanes of at least 4 members (excludes halogenated alkanes) is 1. The number of hydrogen-bond acceptors (Lipinski definition) is 0. The fraction of sp³-hybridized carbons (Fsp3) is 0.455. The smallest absolute Gasteiger partial charge is 0.0476 e. The first-order valence-electron chi connectivity index (χ1n) is 4.57. The number of rotatable bonds is 5. The summed E-state index contributed by atoms with van der Waals surface area (Å²) in [5.74, 6) is 1.36. The quantitative estimate of drug-likeness (QED) is 0.516. The summed E-state index contributed by atoms with van der Waals surface area (Å²) in [6.45, 7) is 0. The molecule has 1 rings (SSSR count). The number of benzene rings is 1. The van der Waals surface area contributed by atoms with Crippen molar-refractivity contribution in [1.29, 1.82) is 0 Å². The molecular formula is C11H14Cl2. The molecule has 0 aromatic heterocycles. The first kappa shape index (κ1) is 10.9. The fourth-order valence-electron chi connectivity index (χ4n) is 1.34. The molecule has 0 bridgehead atoms. The van der Waals surface area contributed by atoms with E-state index in [2.05, 4.69) is 18.2 Å². The second-order valence-electron chi connectivity index (χ2n) is 3.05. The predicted molar refractivity (Wildman–Crippen MR) is 59.7 cm³/mol. The molecule has 0 atom stereocenters. The molecule has 72 valence electrons. The van der Waals surface area contributed by atoms with E-state index in [1.165, 1.54) is 11.1 Å². The summed E-state index contributed by atoms with van der Waals surface area (Å²) in [4.78, 5) is 0. The monoisotopic (exact) mass is 216 g/mol. The van der Waals surface area contributed by atoms with Crippen LogP contribution in [0.25, 0.3) is 0 Å². The SMILES string of the molecule is ClCCCCc1ccccc1CCl. The van der Waals surface area contributed by atoms with Crippen molar-refractivity contribution in [2.45, 2.75) is 25.1 Å². The summed E-state index contributed by atoms with van der Waals surface area (Å²) >= 11 is 11.4. The lowest BCUT2D eigenvalue weighted by molar-refractivity contribution is 0.795. The van der Waals surface area contributed by atoms with Crippen LogP contribution in [0, 0.1) is 0 Å². The second-order valence-corrected chi connectivity index (χ2v) is 3.69. The summed E-state index contributed by atoms with van der Waals surface area (Å²) in [6, 6.07) is 8.32. The maximum absolute atomic E-state index is 5.82. The Morgan fingerprint density at radius 3 is 2.23 bits per heavy atom. The van der Waals surface area contributed by atoms with Crippen LogP contribution in [0.1, 0.15) is 24.0 Å². The van der Waals surface area contributed by atoms with Gasteiger partial charge in [0.05, 0.1) is 0 Å². The molecule has 0 aliphatic heterocycles. The van der Waals surface area contributed by atoms with Crippen molar-refractivity contribution in [2.75, 3.05) is 5.88 Å². The minimum atomic E-state index is 0.608. The molecular weight excluding hydrogens is 203 g/mol. The van der Waals surface area contributed by atoms with Crippen LogP contribution in [0.15, 0.2) is 24.3 Å². The predicted octanol–water partition coefficient (Wildman–Crippen LogP) is 3.99. The van der Waals surface area contributed by atoms with Crippen LogP contribution in [-0.4, -0.2) is 5.88 Å². The zero-order valence-electron chi connectivity index (χ0n) is 7.60. The van der Waals surface area contributed by atoms with Crippen molar-refractivity contribution in [3.63, 3.8) is 0 Å². The van der Waals surface area contributed by atoms with Crippen LogP contribution in [0.4, 0.5) is 0 Å². The molecule has 0 unspecified atom stereocenters. The first-order chi connectivity index (χ1) is 6.38. The topological polar surface area (TPSA) is 0 Å². The van der Waals surface area contributed by atoms with E-state index in [4.69, 9.17) is 23.2 Å². The molecule has 0 amide bonds. The Balaban J connectivity index is 2.54. The molecule has 0 nitrogen and oxygen atoms in total. The molecule has 0 heterocycles. The molecule has 0 fully saturated rings. The standard InChI is InChI=1S/C11H14Cl2/c12-8-4-3-6-10-5-1-2-7-11(10)9-13/h1-2,5,7H,3-4,6,8-9H2. The Morgan fingerprint density at radius 2 is 1.62 bits per heavy atom. The van der Waals surface area contributed by atoms with Crippen LogP contribution >= 0.6 is 23.2 Å². The maximum Gasteiger partial charge on any atom is 0.0476 e. The summed E-state index contributed by atoms with van der Waals surface area (Å²) in [6.07, 6.45) is 3.32.